The van der Waals surface area contributed by atoms with Crippen LogP contribution in [0.25, 0.3) is 0 Å². The molecule has 0 aliphatic carbocycles. The van der Waals surface area contributed by atoms with Crippen molar-refractivity contribution >= 4 is 7.82 Å². The summed E-state index contributed by atoms with van der Waals surface area (Å²) >= 11 is 0. The van der Waals surface area contributed by atoms with Gasteiger partial charge in [0.15, 0.2) is 6.29 Å². The van der Waals surface area contributed by atoms with E-state index in [1.54, 1.807) is 0 Å². The largest absolute Gasteiger partial charge is 1.00 e. The summed E-state index contributed by atoms with van der Waals surface area (Å²) in [5, 5.41) is 36.7. The van der Waals surface area contributed by atoms with Crippen LogP contribution in [0.15, 0.2) is 0 Å². The normalized spacial score (nSPS) is 41.4. The number of phosphoric acid groups is 1. The van der Waals surface area contributed by atoms with Crippen molar-refractivity contribution in [2.45, 2.75) is 30.7 Å². The van der Waals surface area contributed by atoms with Crippen molar-refractivity contribution in [3.63, 3.8) is 0 Å². The van der Waals surface area contributed by atoms with E-state index in [0.29, 0.717) is 0 Å². The van der Waals surface area contributed by atoms with Crippen molar-refractivity contribution in [2.75, 3.05) is 6.61 Å². The Kier molecular flexibility index (Phi) is 7.27. The second-order valence-corrected chi connectivity index (χ2v) is 4.50. The first-order valence-electron chi connectivity index (χ1n) is 4.28. The van der Waals surface area contributed by atoms with Crippen LogP contribution in [0.2, 0.25) is 0 Å². The first kappa shape index (κ1) is 17.9. The molecule has 0 aromatic heterocycles. The fraction of sp³-hybridized carbons (Fsp3) is 1.00. The Bertz CT molecular complexity index is 283. The van der Waals surface area contributed by atoms with Gasteiger partial charge in [-0.2, -0.15) is 0 Å². The summed E-state index contributed by atoms with van der Waals surface area (Å²) in [7, 11) is -4.98. The molecule has 0 saturated carbocycles. The van der Waals surface area contributed by atoms with Crippen molar-refractivity contribution < 1.29 is 73.6 Å². The van der Waals surface area contributed by atoms with E-state index in [2.05, 4.69) is 9.26 Å². The average molecular weight is 282 g/mol. The molecule has 1 saturated heterocycles. The molecule has 5 N–H and O–H groups in total. The van der Waals surface area contributed by atoms with E-state index in [4.69, 9.17) is 15.1 Å². The van der Waals surface area contributed by atoms with E-state index < -0.39 is 45.1 Å². The fourth-order valence-electron chi connectivity index (χ4n) is 1.24. The maximum absolute atomic E-state index is 10.3. The van der Waals surface area contributed by atoms with Crippen molar-refractivity contribution in [3.05, 3.63) is 0 Å². The monoisotopic (exact) mass is 282 g/mol. The number of rotatable bonds is 3. The minimum atomic E-state index is -4.98. The third-order valence-electron chi connectivity index (χ3n) is 2.09. The van der Waals surface area contributed by atoms with Gasteiger partial charge in [-0.05, 0) is 0 Å². The number of ether oxygens (including phenoxy) is 1. The van der Waals surface area contributed by atoms with Crippen LogP contribution in [0.3, 0.4) is 0 Å². The Hall–Kier alpha value is 0.910. The molecule has 1 heterocycles. The van der Waals surface area contributed by atoms with Gasteiger partial charge in [0.1, 0.15) is 24.4 Å². The molecule has 0 aromatic carbocycles. The maximum atomic E-state index is 10.3. The van der Waals surface area contributed by atoms with Crippen molar-refractivity contribution in [1.82, 2.24) is 0 Å². The minimum Gasteiger partial charge on any atom is -0.756 e. The number of aliphatic hydroxyl groups excluding tert-OH is 4. The molecule has 11 heteroatoms. The van der Waals surface area contributed by atoms with E-state index in [0.717, 1.165) is 0 Å². The Balaban J connectivity index is 0.00000256. The van der Waals surface area contributed by atoms with Gasteiger partial charge in [0.25, 0.3) is 7.82 Å². The quantitative estimate of drug-likeness (QED) is 0.250. The van der Waals surface area contributed by atoms with Crippen LogP contribution in [0, 0.1) is 0 Å². The van der Waals surface area contributed by atoms with Gasteiger partial charge in [-0.25, -0.2) is 0 Å². The van der Waals surface area contributed by atoms with Crippen LogP contribution in [-0.2, 0) is 13.8 Å². The molecule has 96 valence electrons. The number of hydrogen-bond donors (Lipinski definition) is 5. The summed E-state index contributed by atoms with van der Waals surface area (Å²) in [5.74, 6) is 0. The van der Waals surface area contributed by atoms with Crippen LogP contribution in [0.1, 0.15) is 0 Å². The molecule has 0 bridgehead atoms. The van der Waals surface area contributed by atoms with Gasteiger partial charge in [-0.3, -0.25) is 4.57 Å². The van der Waals surface area contributed by atoms with Crippen LogP contribution in [0.5, 0.6) is 0 Å². The Labute approximate surface area is 119 Å². The Morgan fingerprint density at radius 3 is 2.18 bits per heavy atom. The van der Waals surface area contributed by atoms with Crippen LogP contribution >= 0.6 is 7.82 Å². The molecule has 1 unspecified atom stereocenters. The zero-order valence-corrected chi connectivity index (χ0v) is 11.8. The van der Waals surface area contributed by atoms with E-state index in [1.807, 2.05) is 0 Å². The molecule has 6 atom stereocenters. The smallest absolute Gasteiger partial charge is 0.756 e. The van der Waals surface area contributed by atoms with Crippen molar-refractivity contribution in [1.29, 1.82) is 0 Å². The number of aliphatic hydroxyl groups is 4. The van der Waals surface area contributed by atoms with E-state index >= 15 is 0 Å². The number of phosphoric ester groups is 1. The van der Waals surface area contributed by atoms with Gasteiger partial charge in [0.2, 0.25) is 0 Å². The fourth-order valence-corrected chi connectivity index (χ4v) is 1.57. The minimum absolute atomic E-state index is 0. The third-order valence-corrected chi connectivity index (χ3v) is 2.56. The van der Waals surface area contributed by atoms with Gasteiger partial charge >= 0.3 is 29.6 Å². The van der Waals surface area contributed by atoms with E-state index in [9.17, 15) is 19.7 Å². The summed E-state index contributed by atoms with van der Waals surface area (Å²) in [6.07, 6.45) is -8.23. The zero-order chi connectivity index (χ0) is 12.5. The van der Waals surface area contributed by atoms with Crippen LogP contribution in [-0.4, -0.2) is 62.6 Å². The summed E-state index contributed by atoms with van der Waals surface area (Å²) in [5.41, 5.74) is 0. The molecule has 1 aliphatic heterocycles. The second kappa shape index (κ2) is 6.90. The first-order chi connectivity index (χ1) is 7.22. The van der Waals surface area contributed by atoms with Gasteiger partial charge in [-0.1, -0.05) is 0 Å². The molecule has 0 aromatic rings. The summed E-state index contributed by atoms with van der Waals surface area (Å²) in [4.78, 5) is 18.5. The molecule has 17 heavy (non-hydrogen) atoms. The molecule has 0 radical (unpaired) electrons. The standard InChI is InChI=1S/C6H13O9P.Na/c7-3-2(1-14-16(11,12)13)15-6(10)5(9)4(3)8;/h2-10H,1H2,(H2,11,12,13);/q;+1/p-1/t2-,3-,4+,5-,6-;/m1./s1. The van der Waals surface area contributed by atoms with Crippen molar-refractivity contribution in [2.24, 2.45) is 0 Å². The molecule has 9 nitrogen and oxygen atoms in total. The van der Waals surface area contributed by atoms with Crippen LogP contribution in [0.4, 0.5) is 0 Å². The predicted molar refractivity (Wildman–Crippen MR) is 44.7 cm³/mol. The molecule has 1 rings (SSSR count). The third kappa shape index (κ3) is 5.19. The maximum Gasteiger partial charge on any atom is 1.00 e. The van der Waals surface area contributed by atoms with Gasteiger partial charge in [0.05, 0.1) is 6.61 Å². The Morgan fingerprint density at radius 1 is 1.18 bits per heavy atom. The molecular weight excluding hydrogens is 270 g/mol. The van der Waals surface area contributed by atoms with Gasteiger partial charge in [-0.15, -0.1) is 0 Å². The molecule has 0 spiro atoms. The zero-order valence-electron chi connectivity index (χ0n) is 8.91. The number of hydrogen-bond acceptors (Lipinski definition) is 8. The first-order valence-corrected chi connectivity index (χ1v) is 5.78. The van der Waals surface area contributed by atoms with Gasteiger partial charge in [0, 0.05) is 0 Å². The van der Waals surface area contributed by atoms with Gasteiger partial charge < -0.3 is 39.5 Å². The van der Waals surface area contributed by atoms with Crippen molar-refractivity contribution in [3.8, 4) is 0 Å². The molecule has 1 aliphatic rings. The molecule has 0 amide bonds. The SMILES string of the molecule is O=P([O-])(O)OC[C@H]1O[C@@H](O)[C@H](O)[C@@H](O)[C@@H]1O.[Na+]. The summed E-state index contributed by atoms with van der Waals surface area (Å²) < 4.78 is 18.8. The predicted octanol–water partition coefficient (Wildman–Crippen LogP) is -6.73. The Morgan fingerprint density at radius 2 is 1.71 bits per heavy atom. The molecular formula is C6H12NaO9P. The van der Waals surface area contributed by atoms with E-state index in [-0.39, 0.29) is 29.6 Å². The average Bonchev–Trinajstić information content (AvgIpc) is 2.17. The van der Waals surface area contributed by atoms with E-state index in [1.165, 1.54) is 0 Å². The van der Waals surface area contributed by atoms with Crippen LogP contribution < -0.4 is 34.5 Å². The summed E-state index contributed by atoms with van der Waals surface area (Å²) in [6.45, 7) is -0.792. The second-order valence-electron chi connectivity index (χ2n) is 3.30. The topological polar surface area (TPSA) is 160 Å². The summed E-state index contributed by atoms with van der Waals surface area (Å²) in [6, 6.07) is 0. The molecule has 1 fully saturated rings.